The van der Waals surface area contributed by atoms with Crippen molar-refractivity contribution in [2.45, 2.75) is 51.5 Å². The molecule has 0 heterocycles. The fourth-order valence-corrected chi connectivity index (χ4v) is 2.50. The van der Waals surface area contributed by atoms with Crippen molar-refractivity contribution in [1.82, 2.24) is 5.32 Å². The third-order valence-corrected chi connectivity index (χ3v) is 4.14. The molecule has 1 rings (SSSR count). The van der Waals surface area contributed by atoms with Gasteiger partial charge >= 0.3 is 0 Å². The van der Waals surface area contributed by atoms with Gasteiger partial charge < -0.3 is 20.5 Å². The third-order valence-electron chi connectivity index (χ3n) is 4.14. The molecule has 0 spiro atoms. The lowest BCUT2D eigenvalue weighted by Crippen LogP contribution is -2.53. The van der Waals surface area contributed by atoms with Crippen LogP contribution in [-0.4, -0.2) is 32.2 Å². The van der Waals surface area contributed by atoms with Crippen LogP contribution in [0.25, 0.3) is 0 Å². The number of nitrogens with one attached hydrogen (secondary N) is 1. The second-order valence-electron chi connectivity index (χ2n) is 6.80. The highest BCUT2D eigenvalue weighted by atomic mass is 35.5. The van der Waals surface area contributed by atoms with E-state index in [0.717, 1.165) is 12.0 Å². The smallest absolute Gasteiger partial charge is 0.239 e. The van der Waals surface area contributed by atoms with Gasteiger partial charge in [-0.25, -0.2) is 0 Å². The molecule has 3 N–H and O–H groups in total. The lowest BCUT2D eigenvalue weighted by molar-refractivity contribution is -0.126. The van der Waals surface area contributed by atoms with Crippen molar-refractivity contribution in [3.8, 4) is 11.5 Å². The summed E-state index contributed by atoms with van der Waals surface area (Å²) in [7, 11) is 3.22. The van der Waals surface area contributed by atoms with Crippen LogP contribution in [0.4, 0.5) is 0 Å². The average Bonchev–Trinajstić information content (AvgIpc) is 2.51. The highest BCUT2D eigenvalue weighted by Gasteiger charge is 2.29. The van der Waals surface area contributed by atoms with Gasteiger partial charge in [-0.15, -0.1) is 12.4 Å². The van der Waals surface area contributed by atoms with Gasteiger partial charge in [-0.05, 0) is 31.0 Å². The predicted octanol–water partition coefficient (Wildman–Crippen LogP) is 3.04. The first-order valence-electron chi connectivity index (χ1n) is 7.97. The van der Waals surface area contributed by atoms with Gasteiger partial charge in [0.1, 0.15) is 0 Å². The van der Waals surface area contributed by atoms with Crippen LogP contribution in [0, 0.1) is 0 Å². The van der Waals surface area contributed by atoms with E-state index in [-0.39, 0.29) is 23.7 Å². The normalized spacial score (nSPS) is 13.5. The van der Waals surface area contributed by atoms with Gasteiger partial charge in [-0.1, -0.05) is 33.3 Å². The number of ether oxygens (including phenoxy) is 2. The molecule has 0 aromatic heterocycles. The third kappa shape index (κ3) is 5.56. The van der Waals surface area contributed by atoms with E-state index in [4.69, 9.17) is 15.2 Å². The van der Waals surface area contributed by atoms with E-state index in [1.54, 1.807) is 21.1 Å². The maximum atomic E-state index is 12.3. The van der Waals surface area contributed by atoms with Gasteiger partial charge in [-0.2, -0.15) is 0 Å². The average molecular weight is 359 g/mol. The number of hydrogen-bond acceptors (Lipinski definition) is 4. The van der Waals surface area contributed by atoms with E-state index in [1.807, 2.05) is 25.1 Å². The molecular formula is C18H31ClN2O3. The molecule has 0 saturated heterocycles. The van der Waals surface area contributed by atoms with Crippen molar-refractivity contribution < 1.29 is 14.3 Å². The Labute approximate surface area is 151 Å². The molecule has 0 saturated carbocycles. The van der Waals surface area contributed by atoms with E-state index in [9.17, 15) is 4.79 Å². The summed E-state index contributed by atoms with van der Waals surface area (Å²) in [4.78, 5) is 12.3. The van der Waals surface area contributed by atoms with E-state index < -0.39 is 5.54 Å². The molecule has 0 bridgehead atoms. The molecule has 1 amide bonds. The van der Waals surface area contributed by atoms with Crippen LogP contribution in [0.15, 0.2) is 18.2 Å². The molecule has 1 atom stereocenters. The lowest BCUT2D eigenvalue weighted by atomic mass is 9.84. The van der Waals surface area contributed by atoms with Gasteiger partial charge in [0.25, 0.3) is 0 Å². The molecule has 0 aliphatic rings. The fourth-order valence-electron chi connectivity index (χ4n) is 2.50. The van der Waals surface area contributed by atoms with Crippen LogP contribution in [-0.2, 0) is 10.2 Å². The monoisotopic (exact) mass is 358 g/mol. The van der Waals surface area contributed by atoms with Crippen molar-refractivity contribution in [2.75, 3.05) is 20.8 Å². The highest BCUT2D eigenvalue weighted by molar-refractivity contribution is 5.85. The number of hydrogen-bond donors (Lipinski definition) is 2. The molecule has 24 heavy (non-hydrogen) atoms. The van der Waals surface area contributed by atoms with Crippen molar-refractivity contribution in [2.24, 2.45) is 5.73 Å². The first kappa shape index (κ1) is 22.5. The minimum atomic E-state index is -0.831. The Morgan fingerprint density at radius 2 is 1.75 bits per heavy atom. The molecule has 0 fully saturated rings. The number of halogens is 1. The van der Waals surface area contributed by atoms with Crippen LogP contribution >= 0.6 is 12.4 Å². The Kier molecular flexibility index (Phi) is 8.58. The second kappa shape index (κ2) is 9.14. The Hall–Kier alpha value is -1.46. The van der Waals surface area contributed by atoms with E-state index in [0.29, 0.717) is 24.5 Å². The van der Waals surface area contributed by atoms with E-state index in [2.05, 4.69) is 19.2 Å². The first-order chi connectivity index (χ1) is 10.7. The molecule has 0 aliphatic carbocycles. The molecule has 1 aromatic rings. The number of benzene rings is 1. The molecule has 0 aliphatic heterocycles. The molecule has 5 nitrogen and oxygen atoms in total. The first-order valence-corrected chi connectivity index (χ1v) is 7.97. The molecule has 138 valence electrons. The van der Waals surface area contributed by atoms with Crippen LogP contribution in [0.1, 0.15) is 46.1 Å². The Morgan fingerprint density at radius 3 is 2.25 bits per heavy atom. The van der Waals surface area contributed by atoms with Gasteiger partial charge in [0, 0.05) is 12.0 Å². The zero-order valence-electron chi connectivity index (χ0n) is 15.6. The summed E-state index contributed by atoms with van der Waals surface area (Å²) in [6, 6.07) is 5.81. The van der Waals surface area contributed by atoms with Crippen molar-refractivity contribution in [1.29, 1.82) is 0 Å². The lowest BCUT2D eigenvalue weighted by Gasteiger charge is -2.29. The summed E-state index contributed by atoms with van der Waals surface area (Å²) in [6.45, 7) is 8.43. The van der Waals surface area contributed by atoms with E-state index in [1.165, 1.54) is 0 Å². The van der Waals surface area contributed by atoms with Gasteiger partial charge in [0.05, 0.1) is 19.8 Å². The summed E-state index contributed by atoms with van der Waals surface area (Å²) in [5.41, 5.74) is 6.05. The summed E-state index contributed by atoms with van der Waals surface area (Å²) in [5.74, 6) is 1.25. The summed E-state index contributed by atoms with van der Waals surface area (Å²) < 4.78 is 10.6. The SMILES string of the molecule is CCCC(C)(N)C(=O)NCC(C)(C)c1ccc(OC)c(OC)c1.Cl. The van der Waals surface area contributed by atoms with Gasteiger partial charge in [0.15, 0.2) is 11.5 Å². The van der Waals surface area contributed by atoms with Crippen molar-refractivity contribution >= 4 is 18.3 Å². The number of rotatable bonds is 8. The fraction of sp³-hybridized carbons (Fsp3) is 0.611. The van der Waals surface area contributed by atoms with Gasteiger partial charge in [0.2, 0.25) is 5.91 Å². The van der Waals surface area contributed by atoms with Crippen LogP contribution in [0.5, 0.6) is 11.5 Å². The molecule has 0 radical (unpaired) electrons. The standard InChI is InChI=1S/C18H30N2O3.ClH/c1-7-10-18(4,19)16(21)20-12-17(2,3)13-8-9-14(22-5)15(11-13)23-6;/h8-9,11H,7,10,12,19H2,1-6H3,(H,20,21);1H. The Morgan fingerprint density at radius 1 is 1.17 bits per heavy atom. The Bertz CT molecular complexity index is 545. The van der Waals surface area contributed by atoms with Crippen molar-refractivity contribution in [3.05, 3.63) is 23.8 Å². The number of carbonyl (C=O) groups is 1. The van der Waals surface area contributed by atoms with Crippen LogP contribution in [0.2, 0.25) is 0 Å². The summed E-state index contributed by atoms with van der Waals surface area (Å²) in [5, 5.41) is 2.98. The quantitative estimate of drug-likeness (QED) is 0.749. The number of methoxy groups -OCH3 is 2. The number of nitrogens with two attached hydrogens (primary N) is 1. The molecule has 1 aromatic carbocycles. The summed E-state index contributed by atoms with van der Waals surface area (Å²) >= 11 is 0. The maximum absolute atomic E-state index is 12.3. The maximum Gasteiger partial charge on any atom is 0.239 e. The minimum Gasteiger partial charge on any atom is -0.493 e. The predicted molar refractivity (Wildman–Crippen MR) is 100 cm³/mol. The van der Waals surface area contributed by atoms with Crippen LogP contribution in [0.3, 0.4) is 0 Å². The Balaban J connectivity index is 0.00000529. The zero-order valence-corrected chi connectivity index (χ0v) is 16.4. The topological polar surface area (TPSA) is 73.6 Å². The molecular weight excluding hydrogens is 328 g/mol. The highest BCUT2D eigenvalue weighted by Crippen LogP contribution is 2.32. The second-order valence-corrected chi connectivity index (χ2v) is 6.80. The summed E-state index contributed by atoms with van der Waals surface area (Å²) in [6.07, 6.45) is 1.54. The molecule has 1 unspecified atom stereocenters. The number of amides is 1. The zero-order chi connectivity index (χ0) is 17.7. The number of carbonyl (C=O) groups excluding carboxylic acids is 1. The van der Waals surface area contributed by atoms with Crippen LogP contribution < -0.4 is 20.5 Å². The minimum absolute atomic E-state index is 0. The van der Waals surface area contributed by atoms with Gasteiger partial charge in [-0.3, -0.25) is 4.79 Å². The largest absolute Gasteiger partial charge is 0.493 e. The molecule has 6 heteroatoms. The van der Waals surface area contributed by atoms with E-state index >= 15 is 0 Å². The van der Waals surface area contributed by atoms with Crippen molar-refractivity contribution in [3.63, 3.8) is 0 Å².